The van der Waals surface area contributed by atoms with Crippen molar-refractivity contribution < 1.29 is 14.6 Å². The van der Waals surface area contributed by atoms with E-state index in [0.717, 1.165) is 76.3 Å². The molecule has 0 spiro atoms. The number of likely N-dealkylation sites (N-methyl/N-ethyl adjacent to an activating group) is 1. The molecular formula is C21H35N3O3S. The van der Waals surface area contributed by atoms with Crippen LogP contribution in [-0.2, 0) is 11.3 Å². The lowest BCUT2D eigenvalue weighted by atomic mass is 10.2. The van der Waals surface area contributed by atoms with Gasteiger partial charge in [-0.1, -0.05) is 18.2 Å². The van der Waals surface area contributed by atoms with Gasteiger partial charge < -0.3 is 19.5 Å². The average Bonchev–Trinajstić information content (AvgIpc) is 2.73. The highest BCUT2D eigenvalue weighted by atomic mass is 32.2. The second-order valence-corrected chi connectivity index (χ2v) is 8.90. The van der Waals surface area contributed by atoms with Gasteiger partial charge in [0.05, 0.1) is 13.2 Å². The molecule has 0 bridgehead atoms. The van der Waals surface area contributed by atoms with E-state index in [9.17, 15) is 5.11 Å². The van der Waals surface area contributed by atoms with Crippen LogP contribution in [0, 0.1) is 0 Å². The summed E-state index contributed by atoms with van der Waals surface area (Å²) in [4.78, 5) is 7.12. The molecule has 2 saturated heterocycles. The molecule has 2 aliphatic rings. The van der Waals surface area contributed by atoms with Crippen LogP contribution in [0.1, 0.15) is 5.56 Å². The molecular weight excluding hydrogens is 374 g/mol. The normalized spacial score (nSPS) is 20.4. The molecule has 2 heterocycles. The van der Waals surface area contributed by atoms with Gasteiger partial charge in [0.2, 0.25) is 0 Å². The largest absolute Gasteiger partial charge is 0.491 e. The number of benzene rings is 1. The van der Waals surface area contributed by atoms with Crippen LogP contribution in [0.25, 0.3) is 0 Å². The fourth-order valence-electron chi connectivity index (χ4n) is 3.60. The van der Waals surface area contributed by atoms with Crippen molar-refractivity contribution in [2.24, 2.45) is 0 Å². The SMILES string of the molecule is CN(CCN1CCOCC1)Cc1ccccc1OC[C@H](O)CN1CCSCC1. The zero-order valence-electron chi connectivity index (χ0n) is 17.1. The third kappa shape index (κ3) is 7.54. The lowest BCUT2D eigenvalue weighted by Gasteiger charge is -2.29. The Morgan fingerprint density at radius 1 is 1.14 bits per heavy atom. The molecule has 0 radical (unpaired) electrons. The summed E-state index contributed by atoms with van der Waals surface area (Å²) in [6.45, 7) is 9.85. The van der Waals surface area contributed by atoms with Gasteiger partial charge in [0, 0.05) is 69.4 Å². The van der Waals surface area contributed by atoms with E-state index in [0.29, 0.717) is 13.2 Å². The summed E-state index contributed by atoms with van der Waals surface area (Å²) in [7, 11) is 2.15. The van der Waals surface area contributed by atoms with Crippen LogP contribution >= 0.6 is 11.8 Å². The molecule has 1 N–H and O–H groups in total. The minimum Gasteiger partial charge on any atom is -0.491 e. The van der Waals surface area contributed by atoms with Crippen LogP contribution in [0.4, 0.5) is 0 Å². The van der Waals surface area contributed by atoms with Crippen molar-refractivity contribution in [3.05, 3.63) is 29.8 Å². The highest BCUT2D eigenvalue weighted by Gasteiger charge is 2.16. The van der Waals surface area contributed by atoms with Crippen LogP contribution in [0.2, 0.25) is 0 Å². The second-order valence-electron chi connectivity index (χ2n) is 7.68. The number of rotatable bonds is 10. The Hall–Kier alpha value is -0.830. The summed E-state index contributed by atoms with van der Waals surface area (Å²) in [5.41, 5.74) is 1.17. The molecule has 2 aliphatic heterocycles. The van der Waals surface area contributed by atoms with Gasteiger partial charge in [-0.05, 0) is 13.1 Å². The third-order valence-corrected chi connectivity index (χ3v) is 6.26. The zero-order valence-corrected chi connectivity index (χ0v) is 17.9. The van der Waals surface area contributed by atoms with Crippen molar-refractivity contribution in [2.45, 2.75) is 12.6 Å². The molecule has 1 aromatic rings. The topological polar surface area (TPSA) is 48.4 Å². The number of hydrogen-bond donors (Lipinski definition) is 1. The van der Waals surface area contributed by atoms with Crippen molar-refractivity contribution >= 4 is 11.8 Å². The van der Waals surface area contributed by atoms with Crippen molar-refractivity contribution in [1.29, 1.82) is 0 Å². The number of nitrogens with zero attached hydrogens (tertiary/aromatic N) is 3. The molecule has 28 heavy (non-hydrogen) atoms. The number of aliphatic hydroxyl groups is 1. The molecule has 0 aromatic heterocycles. The Balaban J connectivity index is 1.42. The number of hydrogen-bond acceptors (Lipinski definition) is 7. The van der Waals surface area contributed by atoms with Crippen LogP contribution in [0.3, 0.4) is 0 Å². The monoisotopic (exact) mass is 409 g/mol. The van der Waals surface area contributed by atoms with E-state index < -0.39 is 6.10 Å². The highest BCUT2D eigenvalue weighted by Crippen LogP contribution is 2.20. The Bertz CT molecular complexity index is 566. The fraction of sp³-hybridized carbons (Fsp3) is 0.714. The summed E-state index contributed by atoms with van der Waals surface area (Å²) in [5, 5.41) is 10.4. The molecule has 7 heteroatoms. The molecule has 0 saturated carbocycles. The first kappa shape index (κ1) is 21.9. The van der Waals surface area contributed by atoms with Gasteiger partial charge in [0.1, 0.15) is 18.5 Å². The summed E-state index contributed by atoms with van der Waals surface area (Å²) in [5.74, 6) is 3.20. The van der Waals surface area contributed by atoms with Crippen molar-refractivity contribution in [1.82, 2.24) is 14.7 Å². The number of morpholine rings is 1. The van der Waals surface area contributed by atoms with E-state index in [-0.39, 0.29) is 0 Å². The standard InChI is InChI=1S/C21H35N3O3S/c1-22(6-7-23-8-12-26-13-9-23)16-19-4-2-3-5-21(19)27-18-20(25)17-24-10-14-28-15-11-24/h2-5,20,25H,6-18H2,1H3/t20-/m1/s1. The first-order chi connectivity index (χ1) is 13.7. The van der Waals surface area contributed by atoms with E-state index in [1.165, 1.54) is 5.56 Å². The number of β-amino-alcohol motifs (C(OH)–C–C–N with tert-alkyl or cyclic N) is 1. The Labute approximate surface area is 173 Å². The molecule has 0 amide bonds. The van der Waals surface area contributed by atoms with E-state index in [1.54, 1.807) is 0 Å². The van der Waals surface area contributed by atoms with Crippen molar-refractivity contribution in [2.75, 3.05) is 84.2 Å². The van der Waals surface area contributed by atoms with Gasteiger partial charge in [-0.15, -0.1) is 0 Å². The lowest BCUT2D eigenvalue weighted by molar-refractivity contribution is 0.0341. The van der Waals surface area contributed by atoms with E-state index in [4.69, 9.17) is 9.47 Å². The van der Waals surface area contributed by atoms with Crippen LogP contribution in [0.5, 0.6) is 5.75 Å². The first-order valence-corrected chi connectivity index (χ1v) is 11.5. The molecule has 0 unspecified atom stereocenters. The van der Waals surface area contributed by atoms with E-state index >= 15 is 0 Å². The van der Waals surface area contributed by atoms with Crippen LogP contribution in [-0.4, -0.2) is 110 Å². The second kappa shape index (κ2) is 12.0. The Morgan fingerprint density at radius 2 is 1.89 bits per heavy atom. The molecule has 0 aliphatic carbocycles. The summed E-state index contributed by atoms with van der Waals surface area (Å²) in [6, 6.07) is 8.19. The molecule has 1 atom stereocenters. The molecule has 6 nitrogen and oxygen atoms in total. The predicted molar refractivity (Wildman–Crippen MR) is 115 cm³/mol. The molecule has 3 rings (SSSR count). The minimum atomic E-state index is -0.449. The van der Waals surface area contributed by atoms with Crippen LogP contribution in [0.15, 0.2) is 24.3 Å². The fourth-order valence-corrected chi connectivity index (χ4v) is 4.58. The molecule has 2 fully saturated rings. The van der Waals surface area contributed by atoms with Gasteiger partial charge in [0.25, 0.3) is 0 Å². The van der Waals surface area contributed by atoms with Gasteiger partial charge in [-0.2, -0.15) is 11.8 Å². The highest BCUT2D eigenvalue weighted by molar-refractivity contribution is 7.99. The van der Waals surface area contributed by atoms with Gasteiger partial charge in [-0.3, -0.25) is 9.80 Å². The Kier molecular flexibility index (Phi) is 9.37. The number of aliphatic hydroxyl groups excluding tert-OH is 1. The third-order valence-electron chi connectivity index (χ3n) is 5.32. The van der Waals surface area contributed by atoms with Gasteiger partial charge in [0.15, 0.2) is 0 Å². The van der Waals surface area contributed by atoms with Crippen molar-refractivity contribution in [3.8, 4) is 5.75 Å². The maximum Gasteiger partial charge on any atom is 0.123 e. The summed E-state index contributed by atoms with van der Waals surface area (Å²) < 4.78 is 11.4. The summed E-state index contributed by atoms with van der Waals surface area (Å²) >= 11 is 1.99. The van der Waals surface area contributed by atoms with E-state index in [1.807, 2.05) is 23.9 Å². The maximum atomic E-state index is 10.4. The minimum absolute atomic E-state index is 0.345. The number of ether oxygens (including phenoxy) is 2. The van der Waals surface area contributed by atoms with E-state index in [2.05, 4.69) is 33.9 Å². The lowest BCUT2D eigenvalue weighted by Crippen LogP contribution is -2.40. The smallest absolute Gasteiger partial charge is 0.123 e. The Morgan fingerprint density at radius 3 is 2.68 bits per heavy atom. The summed E-state index contributed by atoms with van der Waals surface area (Å²) in [6.07, 6.45) is -0.449. The average molecular weight is 410 g/mol. The zero-order chi connectivity index (χ0) is 19.6. The molecule has 1 aromatic carbocycles. The maximum absolute atomic E-state index is 10.4. The molecule has 158 valence electrons. The van der Waals surface area contributed by atoms with Gasteiger partial charge >= 0.3 is 0 Å². The first-order valence-electron chi connectivity index (χ1n) is 10.4. The van der Waals surface area contributed by atoms with Crippen molar-refractivity contribution in [3.63, 3.8) is 0 Å². The number of para-hydroxylation sites is 1. The number of thioether (sulfide) groups is 1. The van der Waals surface area contributed by atoms with Crippen LogP contribution < -0.4 is 4.74 Å². The predicted octanol–water partition coefficient (Wildman–Crippen LogP) is 1.24. The quantitative estimate of drug-likeness (QED) is 0.624. The van der Waals surface area contributed by atoms with Gasteiger partial charge in [-0.25, -0.2) is 0 Å².